The summed E-state index contributed by atoms with van der Waals surface area (Å²) in [5, 5.41) is 20.4. The summed E-state index contributed by atoms with van der Waals surface area (Å²) in [6.45, 7) is 9.21. The van der Waals surface area contributed by atoms with Crippen molar-refractivity contribution >= 4 is 27.5 Å². The van der Waals surface area contributed by atoms with E-state index >= 15 is 0 Å². The predicted octanol–water partition coefficient (Wildman–Crippen LogP) is 5.74. The van der Waals surface area contributed by atoms with Gasteiger partial charge >= 0.3 is 0 Å². The molecule has 1 N–H and O–H groups in total. The summed E-state index contributed by atoms with van der Waals surface area (Å²) in [5.74, 6) is 0.992. The van der Waals surface area contributed by atoms with E-state index < -0.39 is 21.0 Å². The van der Waals surface area contributed by atoms with Crippen molar-refractivity contribution in [3.63, 3.8) is 0 Å². The number of nitrogens with one attached hydrogen (secondary N) is 1. The number of hydrogen-bond donors (Lipinski definition) is 1. The van der Waals surface area contributed by atoms with Crippen LogP contribution in [0.1, 0.15) is 46.6 Å². The molecule has 38 heavy (non-hydrogen) atoms. The number of benzene rings is 3. The van der Waals surface area contributed by atoms with Crippen molar-refractivity contribution in [1.82, 2.24) is 19.5 Å². The third-order valence-corrected chi connectivity index (χ3v) is 8.87. The SMILES string of the molecule is Cc1cccc(CSc2nnc(C(C)NS(=O)(=O)c3c(C)cc(C)cc3C)n2-c2ccc([N+](=O)[O-])cc2)c1. The minimum atomic E-state index is -3.88. The van der Waals surface area contributed by atoms with Crippen LogP contribution < -0.4 is 4.72 Å². The van der Waals surface area contributed by atoms with Crippen molar-refractivity contribution < 1.29 is 13.3 Å². The summed E-state index contributed by atoms with van der Waals surface area (Å²) < 4.78 is 31.4. The van der Waals surface area contributed by atoms with E-state index in [9.17, 15) is 18.5 Å². The molecule has 0 bridgehead atoms. The van der Waals surface area contributed by atoms with Crippen LogP contribution in [0.5, 0.6) is 0 Å². The van der Waals surface area contributed by atoms with E-state index in [2.05, 4.69) is 21.0 Å². The van der Waals surface area contributed by atoms with Gasteiger partial charge in [-0.1, -0.05) is 59.3 Å². The van der Waals surface area contributed by atoms with Gasteiger partial charge in [-0.3, -0.25) is 14.7 Å². The molecule has 4 aromatic rings. The quantitative estimate of drug-likeness (QED) is 0.160. The van der Waals surface area contributed by atoms with Gasteiger partial charge in [0.25, 0.3) is 5.69 Å². The van der Waals surface area contributed by atoms with Gasteiger partial charge < -0.3 is 0 Å². The normalized spacial score (nSPS) is 12.4. The van der Waals surface area contributed by atoms with Crippen LogP contribution in [0.15, 0.2) is 70.7 Å². The van der Waals surface area contributed by atoms with E-state index in [1.54, 1.807) is 37.5 Å². The molecule has 0 saturated heterocycles. The Hall–Kier alpha value is -3.54. The van der Waals surface area contributed by atoms with Gasteiger partial charge in [0, 0.05) is 23.6 Å². The van der Waals surface area contributed by atoms with E-state index in [0.29, 0.717) is 33.5 Å². The number of aryl methyl sites for hydroxylation is 4. The van der Waals surface area contributed by atoms with Crippen LogP contribution in [0, 0.1) is 37.8 Å². The maximum Gasteiger partial charge on any atom is 0.269 e. The van der Waals surface area contributed by atoms with Crippen molar-refractivity contribution in [2.45, 2.75) is 56.5 Å². The topological polar surface area (TPSA) is 120 Å². The van der Waals surface area contributed by atoms with E-state index in [1.807, 2.05) is 44.2 Å². The highest BCUT2D eigenvalue weighted by Crippen LogP contribution is 2.30. The monoisotopic (exact) mass is 551 g/mol. The zero-order valence-corrected chi connectivity index (χ0v) is 23.4. The minimum Gasteiger partial charge on any atom is -0.273 e. The molecule has 11 heteroatoms. The second-order valence-corrected chi connectivity index (χ2v) is 11.9. The Balaban J connectivity index is 1.71. The lowest BCUT2D eigenvalue weighted by atomic mass is 10.1. The Morgan fingerprint density at radius 2 is 1.63 bits per heavy atom. The van der Waals surface area contributed by atoms with E-state index in [1.165, 1.54) is 23.9 Å². The van der Waals surface area contributed by atoms with Crippen LogP contribution in [0.2, 0.25) is 0 Å². The van der Waals surface area contributed by atoms with Crippen LogP contribution in [-0.4, -0.2) is 28.1 Å². The maximum absolute atomic E-state index is 13.4. The van der Waals surface area contributed by atoms with E-state index in [0.717, 1.165) is 16.7 Å². The molecule has 1 heterocycles. The summed E-state index contributed by atoms with van der Waals surface area (Å²) in [5.41, 5.74) is 5.11. The Morgan fingerprint density at radius 3 is 2.24 bits per heavy atom. The van der Waals surface area contributed by atoms with Crippen LogP contribution in [0.3, 0.4) is 0 Å². The van der Waals surface area contributed by atoms with Crippen LogP contribution in [0.4, 0.5) is 5.69 Å². The zero-order chi connectivity index (χ0) is 27.6. The second kappa shape index (κ2) is 11.1. The molecule has 0 spiro atoms. The number of nitro benzene ring substituents is 1. The molecular weight excluding hydrogens is 522 g/mol. The first kappa shape index (κ1) is 27.5. The largest absolute Gasteiger partial charge is 0.273 e. The van der Waals surface area contributed by atoms with Gasteiger partial charge in [0.15, 0.2) is 11.0 Å². The fourth-order valence-electron chi connectivity index (χ4n) is 4.51. The van der Waals surface area contributed by atoms with Crippen molar-refractivity contribution in [3.8, 4) is 5.69 Å². The highest BCUT2D eigenvalue weighted by atomic mass is 32.2. The third-order valence-electron chi connectivity index (χ3n) is 6.02. The van der Waals surface area contributed by atoms with Gasteiger partial charge in [-0.15, -0.1) is 10.2 Å². The fraction of sp³-hybridized carbons (Fsp3) is 0.259. The molecule has 1 unspecified atom stereocenters. The first-order chi connectivity index (χ1) is 18.0. The Bertz CT molecular complexity index is 1580. The summed E-state index contributed by atoms with van der Waals surface area (Å²) >= 11 is 1.45. The molecular formula is C27H29N5O4S2. The smallest absolute Gasteiger partial charge is 0.269 e. The average molecular weight is 552 g/mol. The Labute approximate surface area is 226 Å². The zero-order valence-electron chi connectivity index (χ0n) is 21.8. The van der Waals surface area contributed by atoms with Crippen molar-refractivity contribution in [2.75, 3.05) is 0 Å². The fourth-order valence-corrected chi connectivity index (χ4v) is 7.06. The number of aromatic nitrogens is 3. The predicted molar refractivity (Wildman–Crippen MR) is 148 cm³/mol. The molecule has 4 rings (SSSR count). The minimum absolute atomic E-state index is 0.0450. The molecule has 0 saturated carbocycles. The summed E-state index contributed by atoms with van der Waals surface area (Å²) in [7, 11) is -3.88. The van der Waals surface area contributed by atoms with Gasteiger partial charge in [-0.05, 0) is 63.4 Å². The first-order valence-electron chi connectivity index (χ1n) is 11.9. The Morgan fingerprint density at radius 1 is 0.974 bits per heavy atom. The van der Waals surface area contributed by atoms with E-state index in [-0.39, 0.29) is 10.6 Å². The third kappa shape index (κ3) is 5.95. The highest BCUT2D eigenvalue weighted by Gasteiger charge is 2.27. The van der Waals surface area contributed by atoms with Gasteiger partial charge in [0.2, 0.25) is 10.0 Å². The molecule has 3 aromatic carbocycles. The lowest BCUT2D eigenvalue weighted by Crippen LogP contribution is -2.30. The number of rotatable bonds is 9. The number of sulfonamides is 1. The molecule has 0 radical (unpaired) electrons. The number of nitro groups is 1. The number of nitrogens with zero attached hydrogens (tertiary/aromatic N) is 4. The molecule has 1 aromatic heterocycles. The van der Waals surface area contributed by atoms with E-state index in [4.69, 9.17) is 0 Å². The number of non-ortho nitro benzene ring substituents is 1. The summed E-state index contributed by atoms with van der Waals surface area (Å²) in [6.07, 6.45) is 0. The van der Waals surface area contributed by atoms with Crippen LogP contribution in [0.25, 0.3) is 5.69 Å². The maximum atomic E-state index is 13.4. The molecule has 0 aliphatic carbocycles. The van der Waals surface area contributed by atoms with Gasteiger partial charge in [-0.25, -0.2) is 13.1 Å². The molecule has 0 aliphatic rings. The van der Waals surface area contributed by atoms with Crippen molar-refractivity contribution in [2.24, 2.45) is 0 Å². The first-order valence-corrected chi connectivity index (χ1v) is 14.4. The molecule has 9 nitrogen and oxygen atoms in total. The number of thioether (sulfide) groups is 1. The van der Waals surface area contributed by atoms with Crippen molar-refractivity contribution in [1.29, 1.82) is 0 Å². The summed E-state index contributed by atoms with van der Waals surface area (Å²) in [4.78, 5) is 11.0. The molecule has 1 atom stereocenters. The van der Waals surface area contributed by atoms with Crippen LogP contribution in [-0.2, 0) is 15.8 Å². The standard InChI is InChI=1S/C27H29N5O4S2/c1-17-7-6-8-22(15-17)16-37-27-29-28-26(31(27)23-9-11-24(12-10-23)32(33)34)21(5)30-38(35,36)25-19(3)13-18(2)14-20(25)4/h6-15,21,30H,16H2,1-5H3. The summed E-state index contributed by atoms with van der Waals surface area (Å²) in [6, 6.07) is 17.1. The van der Waals surface area contributed by atoms with Gasteiger partial charge in [0.05, 0.1) is 15.9 Å². The molecule has 0 aliphatic heterocycles. The highest BCUT2D eigenvalue weighted by molar-refractivity contribution is 7.98. The van der Waals surface area contributed by atoms with Gasteiger partial charge in [0.1, 0.15) is 0 Å². The molecule has 198 valence electrons. The van der Waals surface area contributed by atoms with Crippen LogP contribution >= 0.6 is 11.8 Å². The lowest BCUT2D eigenvalue weighted by molar-refractivity contribution is -0.384. The molecule has 0 fully saturated rings. The second-order valence-electron chi connectivity index (χ2n) is 9.30. The average Bonchev–Trinajstić information content (AvgIpc) is 3.26. The van der Waals surface area contributed by atoms with Gasteiger partial charge in [-0.2, -0.15) is 0 Å². The number of hydrogen-bond acceptors (Lipinski definition) is 7. The Kier molecular flexibility index (Phi) is 8.00. The molecule has 0 amide bonds. The van der Waals surface area contributed by atoms with Crippen molar-refractivity contribution in [3.05, 3.63) is 104 Å². The lowest BCUT2D eigenvalue weighted by Gasteiger charge is -2.18.